The van der Waals surface area contributed by atoms with Crippen LogP contribution in [-0.2, 0) is 0 Å². The van der Waals surface area contributed by atoms with Gasteiger partial charge in [0.2, 0.25) is 0 Å². The molecular weight excluding hydrogens is 225 g/mol. The smallest absolute Gasteiger partial charge is 0.316 e. The zero-order valence-electron chi connectivity index (χ0n) is 8.28. The predicted molar refractivity (Wildman–Crippen MR) is 50.8 cm³/mol. The molecule has 16 heavy (non-hydrogen) atoms. The summed E-state index contributed by atoms with van der Waals surface area (Å²) in [6, 6.07) is 1.35. The van der Waals surface area contributed by atoms with Gasteiger partial charge in [-0.25, -0.2) is 0 Å². The monoisotopic (exact) mass is 234 g/mol. The number of hydrogen-bond donors (Lipinski definition) is 1. The number of para-hydroxylation sites is 1. The molecule has 0 fully saturated rings. The van der Waals surface area contributed by atoms with Crippen LogP contribution in [0.25, 0.3) is 0 Å². The number of benzene rings is 1. The van der Waals surface area contributed by atoms with E-state index in [0.717, 1.165) is 6.07 Å². The Morgan fingerprint density at radius 3 is 2.44 bits per heavy atom. The minimum Gasteiger partial charge on any atom is -0.316 e. The van der Waals surface area contributed by atoms with Crippen molar-refractivity contribution in [1.29, 1.82) is 0 Å². The normalized spacial score (nSPS) is 13.6. The van der Waals surface area contributed by atoms with E-state index < -0.39 is 28.4 Å². The molecule has 88 valence electrons. The van der Waals surface area contributed by atoms with Gasteiger partial charge in [0.25, 0.3) is 5.69 Å². The number of nitrogens with zero attached hydrogens (tertiary/aromatic N) is 1. The molecule has 0 unspecified atom stereocenters. The maximum Gasteiger partial charge on any atom is 0.407 e. The summed E-state index contributed by atoms with van der Waals surface area (Å²) in [5.74, 6) is 0. The molecule has 1 aromatic rings. The largest absolute Gasteiger partial charge is 0.407 e. The zero-order chi connectivity index (χ0) is 12.5. The average Bonchev–Trinajstić information content (AvgIpc) is 2.14. The topological polar surface area (TPSA) is 69.2 Å². The quantitative estimate of drug-likeness (QED) is 0.631. The Balaban J connectivity index is 3.34. The maximum atomic E-state index is 12.4. The molecule has 4 nitrogen and oxygen atoms in total. The van der Waals surface area contributed by atoms with Crippen molar-refractivity contribution in [3.8, 4) is 0 Å². The fourth-order valence-corrected chi connectivity index (χ4v) is 1.36. The second-order valence-corrected chi connectivity index (χ2v) is 3.29. The zero-order valence-corrected chi connectivity index (χ0v) is 8.28. The molecule has 1 rings (SSSR count). The molecule has 0 aliphatic heterocycles. The minimum atomic E-state index is -4.70. The third-order valence-corrected chi connectivity index (χ3v) is 2.14. The first kappa shape index (κ1) is 12.4. The van der Waals surface area contributed by atoms with Gasteiger partial charge in [-0.15, -0.1) is 0 Å². The third-order valence-electron chi connectivity index (χ3n) is 2.14. The first-order valence-corrected chi connectivity index (χ1v) is 4.31. The Morgan fingerprint density at radius 1 is 1.44 bits per heavy atom. The SMILES string of the molecule is Cc1cccc([C@H](N)C(F)(F)F)c1[N+](=O)[O-]. The summed E-state index contributed by atoms with van der Waals surface area (Å²) in [6.07, 6.45) is -4.70. The number of hydrogen-bond acceptors (Lipinski definition) is 3. The Morgan fingerprint density at radius 2 is 2.00 bits per heavy atom. The second-order valence-electron chi connectivity index (χ2n) is 3.29. The van der Waals surface area contributed by atoms with Gasteiger partial charge in [0.05, 0.1) is 10.5 Å². The fourth-order valence-electron chi connectivity index (χ4n) is 1.36. The highest BCUT2D eigenvalue weighted by molar-refractivity contribution is 5.49. The summed E-state index contributed by atoms with van der Waals surface area (Å²) < 4.78 is 37.1. The summed E-state index contributed by atoms with van der Waals surface area (Å²) >= 11 is 0. The van der Waals surface area contributed by atoms with Gasteiger partial charge in [-0.05, 0) is 6.92 Å². The van der Waals surface area contributed by atoms with Crippen LogP contribution in [0.1, 0.15) is 17.2 Å². The molecule has 0 saturated heterocycles. The molecule has 0 saturated carbocycles. The van der Waals surface area contributed by atoms with E-state index >= 15 is 0 Å². The first-order valence-electron chi connectivity index (χ1n) is 4.31. The number of nitrogens with two attached hydrogens (primary N) is 1. The van der Waals surface area contributed by atoms with Gasteiger partial charge in [0.1, 0.15) is 6.04 Å². The van der Waals surface area contributed by atoms with Gasteiger partial charge in [0, 0.05) is 5.56 Å². The average molecular weight is 234 g/mol. The molecule has 0 amide bonds. The van der Waals surface area contributed by atoms with Crippen molar-refractivity contribution in [2.45, 2.75) is 19.1 Å². The minimum absolute atomic E-state index is 0.155. The van der Waals surface area contributed by atoms with Crippen LogP contribution in [0.2, 0.25) is 0 Å². The molecule has 0 aliphatic rings. The molecular formula is C9H9F3N2O2. The van der Waals surface area contributed by atoms with Gasteiger partial charge in [0.15, 0.2) is 0 Å². The summed E-state index contributed by atoms with van der Waals surface area (Å²) in [4.78, 5) is 9.81. The van der Waals surface area contributed by atoms with Crippen molar-refractivity contribution in [1.82, 2.24) is 0 Å². The summed E-state index contributed by atoms with van der Waals surface area (Å²) in [7, 11) is 0. The first-order chi connectivity index (χ1) is 7.25. The number of aryl methyl sites for hydroxylation is 1. The van der Waals surface area contributed by atoms with E-state index in [1.807, 2.05) is 0 Å². The van der Waals surface area contributed by atoms with Gasteiger partial charge >= 0.3 is 6.18 Å². The molecule has 1 aromatic carbocycles. The molecule has 0 aliphatic carbocycles. The molecule has 0 aromatic heterocycles. The molecule has 2 N–H and O–H groups in total. The molecule has 0 spiro atoms. The number of rotatable bonds is 2. The van der Waals surface area contributed by atoms with Gasteiger partial charge in [-0.1, -0.05) is 18.2 Å². The molecule has 7 heteroatoms. The summed E-state index contributed by atoms with van der Waals surface area (Å²) in [6.45, 7) is 1.37. The summed E-state index contributed by atoms with van der Waals surface area (Å²) in [5.41, 5.74) is 4.01. The highest BCUT2D eigenvalue weighted by Crippen LogP contribution is 2.36. The van der Waals surface area contributed by atoms with E-state index in [9.17, 15) is 23.3 Å². The van der Waals surface area contributed by atoms with Crippen LogP contribution in [0.5, 0.6) is 0 Å². The van der Waals surface area contributed by atoms with Crippen molar-refractivity contribution in [3.63, 3.8) is 0 Å². The van der Waals surface area contributed by atoms with Crippen LogP contribution in [0.3, 0.4) is 0 Å². The lowest BCUT2D eigenvalue weighted by atomic mass is 10.0. The Hall–Kier alpha value is -1.63. The fraction of sp³-hybridized carbons (Fsp3) is 0.333. The van der Waals surface area contributed by atoms with E-state index in [1.54, 1.807) is 0 Å². The number of alkyl halides is 3. The maximum absolute atomic E-state index is 12.4. The highest BCUT2D eigenvalue weighted by Gasteiger charge is 2.41. The van der Waals surface area contributed by atoms with Crippen molar-refractivity contribution in [2.24, 2.45) is 5.73 Å². The second kappa shape index (κ2) is 4.09. The lowest BCUT2D eigenvalue weighted by Crippen LogP contribution is -2.29. The van der Waals surface area contributed by atoms with Crippen molar-refractivity contribution >= 4 is 5.69 Å². The lowest BCUT2D eigenvalue weighted by molar-refractivity contribution is -0.386. The van der Waals surface area contributed by atoms with E-state index in [2.05, 4.69) is 0 Å². The molecule has 0 heterocycles. The van der Waals surface area contributed by atoms with Crippen LogP contribution in [-0.4, -0.2) is 11.1 Å². The lowest BCUT2D eigenvalue weighted by Gasteiger charge is -2.16. The standard InChI is InChI=1S/C9H9F3N2O2/c1-5-3-2-4-6(7(5)14(15)16)8(13)9(10,11)12/h2-4,8H,13H2,1H3/t8-/m0/s1. The van der Waals surface area contributed by atoms with E-state index in [0.29, 0.717) is 0 Å². The number of nitro benzene ring substituents is 1. The Bertz CT molecular complexity index is 418. The van der Waals surface area contributed by atoms with Gasteiger partial charge < -0.3 is 5.73 Å². The van der Waals surface area contributed by atoms with Crippen LogP contribution in [0.15, 0.2) is 18.2 Å². The Kier molecular flexibility index (Phi) is 3.18. The van der Waals surface area contributed by atoms with E-state index in [4.69, 9.17) is 5.73 Å². The van der Waals surface area contributed by atoms with E-state index in [1.165, 1.54) is 19.1 Å². The molecule has 0 bridgehead atoms. The van der Waals surface area contributed by atoms with Crippen molar-refractivity contribution in [2.75, 3.05) is 0 Å². The van der Waals surface area contributed by atoms with Gasteiger partial charge in [-0.2, -0.15) is 13.2 Å². The molecule has 0 radical (unpaired) electrons. The van der Waals surface area contributed by atoms with E-state index in [-0.39, 0.29) is 5.56 Å². The highest BCUT2D eigenvalue weighted by atomic mass is 19.4. The van der Waals surface area contributed by atoms with Crippen molar-refractivity contribution in [3.05, 3.63) is 39.4 Å². The van der Waals surface area contributed by atoms with Crippen LogP contribution >= 0.6 is 0 Å². The third kappa shape index (κ3) is 2.30. The van der Waals surface area contributed by atoms with Gasteiger partial charge in [-0.3, -0.25) is 10.1 Å². The van der Waals surface area contributed by atoms with Crippen LogP contribution < -0.4 is 5.73 Å². The Labute approximate surface area is 89.0 Å². The van der Waals surface area contributed by atoms with Crippen LogP contribution in [0.4, 0.5) is 18.9 Å². The number of halogens is 3. The van der Waals surface area contributed by atoms with Crippen molar-refractivity contribution < 1.29 is 18.1 Å². The summed E-state index contributed by atoms with van der Waals surface area (Å²) in [5, 5.41) is 10.7. The number of nitro groups is 1. The molecule has 1 atom stereocenters. The van der Waals surface area contributed by atoms with Crippen LogP contribution in [0, 0.1) is 17.0 Å². The predicted octanol–water partition coefficient (Wildman–Crippen LogP) is 2.47.